The summed E-state index contributed by atoms with van der Waals surface area (Å²) >= 11 is 12.7. The van der Waals surface area contributed by atoms with Crippen molar-refractivity contribution in [1.29, 1.82) is 0 Å². The van der Waals surface area contributed by atoms with E-state index >= 15 is 4.39 Å². The average molecular weight is 700 g/mol. The fourth-order valence-electron chi connectivity index (χ4n) is 7.83. The number of nitro benzene ring substituents is 1. The first-order chi connectivity index (χ1) is 22.5. The summed E-state index contributed by atoms with van der Waals surface area (Å²) in [5.74, 6) is -4.38. The van der Waals surface area contributed by atoms with Gasteiger partial charge in [-0.05, 0) is 48.9 Å². The minimum absolute atomic E-state index is 0. The number of ether oxygens (including phenoxy) is 2. The van der Waals surface area contributed by atoms with Gasteiger partial charge in [-0.25, -0.2) is 9.18 Å². The summed E-state index contributed by atoms with van der Waals surface area (Å²) in [6.45, 7) is 0.545. The number of nitro groups is 1. The molecule has 1 N–H and O–H groups in total. The second kappa shape index (κ2) is 12.3. The number of piperidine rings is 1. The molecule has 0 radical (unpaired) electrons. The molecule has 0 unspecified atom stereocenters. The minimum Gasteiger partial charge on any atom is -0.496 e. The van der Waals surface area contributed by atoms with Crippen LogP contribution in [-0.2, 0) is 19.9 Å². The van der Waals surface area contributed by atoms with Gasteiger partial charge in [-0.15, -0.1) is 0 Å². The Morgan fingerprint density at radius 1 is 1.12 bits per heavy atom. The number of anilines is 2. The quantitative estimate of drug-likeness (QED) is 0.167. The second-order valence-electron chi connectivity index (χ2n) is 12.3. The molecular formula is C34H33Cl2FN4O7. The molecule has 7 rings (SSSR count). The number of carbonyl (C=O) groups excluding carboxylic acids is 3. The lowest BCUT2D eigenvalue weighted by atomic mass is 9.70. The Balaban J connectivity index is 0.00000401. The van der Waals surface area contributed by atoms with Gasteiger partial charge in [-0.2, -0.15) is 0 Å². The number of carbonyl (C=O) groups is 3. The summed E-state index contributed by atoms with van der Waals surface area (Å²) in [6.07, 6.45) is 2.22. The van der Waals surface area contributed by atoms with Crippen LogP contribution in [0.25, 0.3) is 0 Å². The van der Waals surface area contributed by atoms with Crippen molar-refractivity contribution >= 4 is 58.0 Å². The average Bonchev–Trinajstić information content (AvgIpc) is 3.77. The molecule has 2 saturated heterocycles. The van der Waals surface area contributed by atoms with Crippen molar-refractivity contribution in [3.8, 4) is 5.75 Å². The number of halogens is 3. The molecule has 3 aromatic carbocycles. The van der Waals surface area contributed by atoms with Crippen molar-refractivity contribution in [2.45, 2.75) is 44.2 Å². The normalized spacial score (nSPS) is 24.5. The highest BCUT2D eigenvalue weighted by atomic mass is 35.5. The predicted octanol–water partition coefficient (Wildman–Crippen LogP) is 6.55. The highest BCUT2D eigenvalue weighted by Crippen LogP contribution is 2.62. The van der Waals surface area contributed by atoms with E-state index in [2.05, 4.69) is 10.2 Å². The van der Waals surface area contributed by atoms with Crippen molar-refractivity contribution < 1.29 is 33.2 Å². The molecule has 252 valence electrons. The molecule has 14 heteroatoms. The van der Waals surface area contributed by atoms with Crippen molar-refractivity contribution in [3.63, 3.8) is 0 Å². The molecule has 48 heavy (non-hydrogen) atoms. The molecule has 1 spiro atoms. The van der Waals surface area contributed by atoms with E-state index in [0.29, 0.717) is 29.2 Å². The number of fused-ring (bicyclic) bond motifs is 3. The van der Waals surface area contributed by atoms with Gasteiger partial charge in [0.1, 0.15) is 28.4 Å². The lowest BCUT2D eigenvalue weighted by Crippen LogP contribution is -2.54. The van der Waals surface area contributed by atoms with Crippen LogP contribution in [0.1, 0.15) is 54.1 Å². The number of nitrogens with one attached hydrogen (secondary N) is 1. The number of esters is 1. The third kappa shape index (κ3) is 4.91. The molecule has 3 aliphatic heterocycles. The standard InChI is InChI=1S/C33H29Cl2FN4O7.CH4/c1-46-26-14-24(25(40(44)45)13-19(26)31(42)47-2)38-11-10-23-27(30(38)41)28(18-4-3-5-21(35)29(18)36)33(39(23)15-16-6-7-16)20-9-8-17(34)12-22(20)37-32(33)43;/h3-5,8-9,12-14,16,23,27-28H,6-7,10-11,15H2,1-2H3,(H,37,43);1H4/t23-,27+,28-,33+;/m0./s1. The van der Waals surface area contributed by atoms with Gasteiger partial charge in [-0.1, -0.05) is 48.8 Å². The van der Waals surface area contributed by atoms with E-state index in [4.69, 9.17) is 32.7 Å². The zero-order chi connectivity index (χ0) is 33.4. The molecule has 2 amide bonds. The molecule has 0 aromatic heterocycles. The third-order valence-electron chi connectivity index (χ3n) is 9.92. The van der Waals surface area contributed by atoms with E-state index in [-0.39, 0.29) is 47.5 Å². The highest BCUT2D eigenvalue weighted by molar-refractivity contribution is 6.31. The maximum atomic E-state index is 16.2. The number of amides is 2. The van der Waals surface area contributed by atoms with Crippen LogP contribution in [-0.4, -0.2) is 61.0 Å². The van der Waals surface area contributed by atoms with Crippen LogP contribution >= 0.6 is 23.2 Å². The van der Waals surface area contributed by atoms with Gasteiger partial charge in [0.2, 0.25) is 11.8 Å². The molecule has 1 aliphatic carbocycles. The van der Waals surface area contributed by atoms with Gasteiger partial charge in [0.15, 0.2) is 0 Å². The number of methoxy groups -OCH3 is 2. The SMILES string of the molecule is C.COC(=O)c1cc([N+](=O)[O-])c(N2CC[C@H]3[C@@H](C2=O)[C@H](c2cccc(Cl)c2F)[C@]2(C(=O)Nc4cc(Cl)ccc42)N3CC2CC2)cc1OC. The Bertz CT molecular complexity index is 1870. The Hall–Kier alpha value is -4.26. The Labute approximate surface area is 286 Å². The molecule has 3 heterocycles. The maximum Gasteiger partial charge on any atom is 0.341 e. The van der Waals surface area contributed by atoms with E-state index in [1.807, 2.05) is 0 Å². The summed E-state index contributed by atoms with van der Waals surface area (Å²) in [7, 11) is 2.43. The summed E-state index contributed by atoms with van der Waals surface area (Å²) in [6, 6.07) is 11.3. The number of benzene rings is 3. The van der Waals surface area contributed by atoms with E-state index in [0.717, 1.165) is 26.0 Å². The van der Waals surface area contributed by atoms with Gasteiger partial charge >= 0.3 is 5.97 Å². The van der Waals surface area contributed by atoms with Crippen LogP contribution in [0, 0.1) is 27.8 Å². The van der Waals surface area contributed by atoms with E-state index in [1.165, 1.54) is 30.2 Å². The fraction of sp³-hybridized carbons (Fsp3) is 0.382. The van der Waals surface area contributed by atoms with Gasteiger partial charge in [0.25, 0.3) is 5.69 Å². The monoisotopic (exact) mass is 698 g/mol. The number of nitrogens with zero attached hydrogens (tertiary/aromatic N) is 3. The van der Waals surface area contributed by atoms with Crippen molar-refractivity contribution in [2.75, 3.05) is 37.5 Å². The molecule has 1 saturated carbocycles. The van der Waals surface area contributed by atoms with Crippen molar-refractivity contribution in [2.24, 2.45) is 11.8 Å². The topological polar surface area (TPSA) is 131 Å². The first kappa shape index (κ1) is 33.6. The summed E-state index contributed by atoms with van der Waals surface area (Å²) in [5, 5.41) is 15.6. The van der Waals surface area contributed by atoms with Crippen LogP contribution < -0.4 is 15.0 Å². The molecule has 11 nitrogen and oxygen atoms in total. The molecule has 4 aliphatic rings. The van der Waals surface area contributed by atoms with Crippen LogP contribution in [0.3, 0.4) is 0 Å². The van der Waals surface area contributed by atoms with Gasteiger partial charge in [0, 0.05) is 53.5 Å². The van der Waals surface area contributed by atoms with E-state index in [1.54, 1.807) is 24.3 Å². The highest BCUT2D eigenvalue weighted by Gasteiger charge is 2.70. The van der Waals surface area contributed by atoms with Crippen LogP contribution in [0.5, 0.6) is 5.75 Å². The summed E-state index contributed by atoms with van der Waals surface area (Å²) in [5.41, 5.74) is -1.16. The molecule has 4 atom stereocenters. The molecule has 3 aromatic rings. The van der Waals surface area contributed by atoms with Crippen molar-refractivity contribution in [3.05, 3.63) is 91.2 Å². The lowest BCUT2D eigenvalue weighted by Gasteiger charge is -2.40. The Kier molecular flexibility index (Phi) is 8.63. The van der Waals surface area contributed by atoms with Crippen LogP contribution in [0.15, 0.2) is 48.5 Å². The van der Waals surface area contributed by atoms with Crippen LogP contribution in [0.4, 0.5) is 21.5 Å². The zero-order valence-electron chi connectivity index (χ0n) is 25.3. The molecule has 0 bridgehead atoms. The number of hydrogen-bond donors (Lipinski definition) is 1. The first-order valence-corrected chi connectivity index (χ1v) is 15.9. The number of hydrogen-bond acceptors (Lipinski definition) is 8. The van der Waals surface area contributed by atoms with Gasteiger partial charge < -0.3 is 19.7 Å². The second-order valence-corrected chi connectivity index (χ2v) is 13.1. The fourth-order valence-corrected chi connectivity index (χ4v) is 8.18. The smallest absolute Gasteiger partial charge is 0.341 e. The Morgan fingerprint density at radius 3 is 2.54 bits per heavy atom. The van der Waals surface area contributed by atoms with Gasteiger partial charge in [-0.3, -0.25) is 24.6 Å². The van der Waals surface area contributed by atoms with E-state index < -0.39 is 57.6 Å². The first-order valence-electron chi connectivity index (χ1n) is 15.1. The lowest BCUT2D eigenvalue weighted by molar-refractivity contribution is -0.384. The largest absolute Gasteiger partial charge is 0.496 e. The maximum absolute atomic E-state index is 16.2. The summed E-state index contributed by atoms with van der Waals surface area (Å²) in [4.78, 5) is 56.9. The number of rotatable bonds is 7. The van der Waals surface area contributed by atoms with Crippen LogP contribution in [0.2, 0.25) is 10.0 Å². The zero-order valence-corrected chi connectivity index (χ0v) is 26.8. The summed E-state index contributed by atoms with van der Waals surface area (Å²) < 4.78 is 26.4. The minimum atomic E-state index is -1.51. The Morgan fingerprint density at radius 2 is 1.88 bits per heavy atom. The van der Waals surface area contributed by atoms with Crippen molar-refractivity contribution in [1.82, 2.24) is 4.90 Å². The predicted molar refractivity (Wildman–Crippen MR) is 177 cm³/mol. The third-order valence-corrected chi connectivity index (χ3v) is 10.4. The molecule has 3 fully saturated rings. The molecular weight excluding hydrogens is 666 g/mol. The van der Waals surface area contributed by atoms with E-state index in [9.17, 15) is 24.5 Å². The van der Waals surface area contributed by atoms with Gasteiger partial charge in [0.05, 0.1) is 30.1 Å². The number of likely N-dealkylation sites (tertiary alicyclic amines) is 1.